The minimum Gasteiger partial charge on any atom is -0.492 e. The number of aromatic nitrogens is 1. The number of ketones is 1. The van der Waals surface area contributed by atoms with Gasteiger partial charge in [0.2, 0.25) is 0 Å². The van der Waals surface area contributed by atoms with Crippen molar-refractivity contribution in [3.05, 3.63) is 64.3 Å². The molecule has 1 aromatic heterocycles. The van der Waals surface area contributed by atoms with Crippen molar-refractivity contribution in [3.63, 3.8) is 0 Å². The zero-order chi connectivity index (χ0) is 14.4. The van der Waals surface area contributed by atoms with E-state index in [1.54, 1.807) is 6.20 Å². The van der Waals surface area contributed by atoms with Crippen LogP contribution in [0.4, 0.5) is 0 Å². The van der Waals surface area contributed by atoms with Gasteiger partial charge in [-0.05, 0) is 18.2 Å². The van der Waals surface area contributed by atoms with Crippen molar-refractivity contribution >= 4 is 32.6 Å². The highest BCUT2D eigenvalue weighted by Crippen LogP contribution is 2.36. The molecule has 0 bridgehead atoms. The van der Waals surface area contributed by atoms with E-state index in [-0.39, 0.29) is 11.7 Å². The molecule has 1 unspecified atom stereocenters. The third kappa shape index (κ3) is 1.98. The van der Waals surface area contributed by atoms with Crippen LogP contribution in [0, 0.1) is 0 Å². The minimum absolute atomic E-state index is 0.105. The molecule has 1 aliphatic rings. The Morgan fingerprint density at radius 3 is 3.00 bits per heavy atom. The summed E-state index contributed by atoms with van der Waals surface area (Å²) >= 11 is 3.44. The maximum atomic E-state index is 12.9. The minimum atomic E-state index is -0.219. The number of carbonyl (C=O) groups is 1. The zero-order valence-electron chi connectivity index (χ0n) is 11.1. The summed E-state index contributed by atoms with van der Waals surface area (Å²) in [7, 11) is 0. The van der Waals surface area contributed by atoms with Crippen LogP contribution in [0.3, 0.4) is 0 Å². The standard InChI is InChI=1S/C17H12BrNO2/c18-10-5-6-11-13(8-19-15(11)7-10)17(20)14-9-21-16-4-2-1-3-12(14)16/h1-8,14,19H,9H2. The highest BCUT2D eigenvalue weighted by Gasteiger charge is 2.31. The van der Waals surface area contributed by atoms with E-state index in [2.05, 4.69) is 20.9 Å². The number of H-pyrrole nitrogens is 1. The van der Waals surface area contributed by atoms with Gasteiger partial charge in [0, 0.05) is 32.7 Å². The Hall–Kier alpha value is -2.07. The summed E-state index contributed by atoms with van der Waals surface area (Å²) in [5.74, 6) is 0.704. The third-order valence-corrected chi connectivity index (χ3v) is 4.42. The van der Waals surface area contributed by atoms with Crippen LogP contribution in [-0.4, -0.2) is 17.4 Å². The van der Waals surface area contributed by atoms with E-state index in [0.29, 0.717) is 6.61 Å². The maximum Gasteiger partial charge on any atom is 0.176 e. The smallest absolute Gasteiger partial charge is 0.176 e. The van der Waals surface area contributed by atoms with Crippen LogP contribution in [0.5, 0.6) is 5.75 Å². The second-order valence-corrected chi connectivity index (χ2v) is 6.07. The van der Waals surface area contributed by atoms with Gasteiger partial charge < -0.3 is 9.72 Å². The first-order valence-corrected chi connectivity index (χ1v) is 7.56. The molecule has 0 saturated carbocycles. The number of halogens is 1. The molecule has 0 amide bonds. The van der Waals surface area contributed by atoms with Crippen molar-refractivity contribution in [2.45, 2.75) is 5.92 Å². The van der Waals surface area contributed by atoms with Gasteiger partial charge in [0.1, 0.15) is 12.4 Å². The van der Waals surface area contributed by atoms with Crippen molar-refractivity contribution in [1.82, 2.24) is 4.98 Å². The molecular formula is C17H12BrNO2. The average Bonchev–Trinajstić information content (AvgIpc) is 3.10. The van der Waals surface area contributed by atoms with Crippen molar-refractivity contribution in [3.8, 4) is 5.75 Å². The largest absolute Gasteiger partial charge is 0.492 e. The summed E-state index contributed by atoms with van der Waals surface area (Å²) in [5, 5.41) is 0.951. The molecule has 1 atom stereocenters. The molecule has 4 heteroatoms. The molecule has 21 heavy (non-hydrogen) atoms. The molecule has 1 N–H and O–H groups in total. The molecular weight excluding hydrogens is 330 g/mol. The van der Waals surface area contributed by atoms with Gasteiger partial charge in [-0.1, -0.05) is 40.2 Å². The highest BCUT2D eigenvalue weighted by atomic mass is 79.9. The number of fused-ring (bicyclic) bond motifs is 2. The monoisotopic (exact) mass is 341 g/mol. The molecule has 4 rings (SSSR count). The van der Waals surface area contributed by atoms with Gasteiger partial charge in [-0.25, -0.2) is 0 Å². The first-order valence-electron chi connectivity index (χ1n) is 6.76. The lowest BCUT2D eigenvalue weighted by Gasteiger charge is -2.07. The van der Waals surface area contributed by atoms with Crippen LogP contribution in [0.25, 0.3) is 10.9 Å². The van der Waals surface area contributed by atoms with Crippen LogP contribution < -0.4 is 4.74 Å². The van der Waals surface area contributed by atoms with E-state index in [0.717, 1.165) is 32.3 Å². The lowest BCUT2D eigenvalue weighted by atomic mass is 9.92. The van der Waals surface area contributed by atoms with E-state index in [1.165, 1.54) is 0 Å². The SMILES string of the molecule is O=C(c1c[nH]c2cc(Br)ccc12)C1COc2ccccc21. The molecule has 0 aliphatic carbocycles. The molecule has 0 spiro atoms. The van der Waals surface area contributed by atoms with Crippen LogP contribution in [0.2, 0.25) is 0 Å². The Kier molecular flexibility index (Phi) is 2.86. The number of hydrogen-bond acceptors (Lipinski definition) is 2. The number of nitrogens with one attached hydrogen (secondary N) is 1. The first kappa shape index (κ1) is 12.7. The Labute approximate surface area is 130 Å². The molecule has 0 radical (unpaired) electrons. The summed E-state index contributed by atoms with van der Waals surface area (Å²) in [6.45, 7) is 0.418. The second kappa shape index (κ2) is 4.74. The van der Waals surface area contributed by atoms with Gasteiger partial charge in [-0.15, -0.1) is 0 Å². The Morgan fingerprint density at radius 2 is 2.10 bits per heavy atom. The van der Waals surface area contributed by atoms with E-state index in [4.69, 9.17) is 4.74 Å². The topological polar surface area (TPSA) is 42.1 Å². The maximum absolute atomic E-state index is 12.9. The zero-order valence-corrected chi connectivity index (χ0v) is 12.7. The molecule has 0 fully saturated rings. The van der Waals surface area contributed by atoms with Crippen molar-refractivity contribution in [2.75, 3.05) is 6.61 Å². The van der Waals surface area contributed by atoms with E-state index >= 15 is 0 Å². The molecule has 2 aromatic carbocycles. The lowest BCUT2D eigenvalue weighted by Crippen LogP contribution is -2.13. The predicted octanol–water partition coefficient (Wildman–Crippen LogP) is 4.29. The van der Waals surface area contributed by atoms with Gasteiger partial charge in [-0.3, -0.25) is 4.79 Å². The fraction of sp³-hybridized carbons (Fsp3) is 0.118. The molecule has 2 heterocycles. The molecule has 3 aromatic rings. The Balaban J connectivity index is 1.78. The van der Waals surface area contributed by atoms with Crippen LogP contribution in [0.1, 0.15) is 21.8 Å². The Bertz CT molecular complexity index is 853. The number of para-hydroxylation sites is 1. The normalized spacial score (nSPS) is 16.7. The number of ether oxygens (including phenoxy) is 1. The van der Waals surface area contributed by atoms with Gasteiger partial charge in [0.25, 0.3) is 0 Å². The average molecular weight is 342 g/mol. The van der Waals surface area contributed by atoms with Crippen molar-refractivity contribution in [2.24, 2.45) is 0 Å². The first-order chi connectivity index (χ1) is 10.2. The molecule has 3 nitrogen and oxygen atoms in total. The highest BCUT2D eigenvalue weighted by molar-refractivity contribution is 9.10. The van der Waals surface area contributed by atoms with Crippen molar-refractivity contribution < 1.29 is 9.53 Å². The van der Waals surface area contributed by atoms with Crippen LogP contribution in [0.15, 0.2) is 53.1 Å². The van der Waals surface area contributed by atoms with E-state index in [9.17, 15) is 4.79 Å². The van der Waals surface area contributed by atoms with Crippen molar-refractivity contribution in [1.29, 1.82) is 0 Å². The lowest BCUT2D eigenvalue weighted by molar-refractivity contribution is 0.0949. The number of aromatic amines is 1. The third-order valence-electron chi connectivity index (χ3n) is 3.93. The number of rotatable bonds is 2. The van der Waals surface area contributed by atoms with Gasteiger partial charge >= 0.3 is 0 Å². The predicted molar refractivity (Wildman–Crippen MR) is 85.0 cm³/mol. The van der Waals surface area contributed by atoms with Crippen LogP contribution in [-0.2, 0) is 0 Å². The number of benzene rings is 2. The molecule has 0 saturated heterocycles. The van der Waals surface area contributed by atoms with E-state index in [1.807, 2.05) is 42.5 Å². The molecule has 104 valence electrons. The van der Waals surface area contributed by atoms with E-state index < -0.39 is 0 Å². The fourth-order valence-corrected chi connectivity index (χ4v) is 3.23. The van der Waals surface area contributed by atoms with Gasteiger partial charge in [0.15, 0.2) is 5.78 Å². The quantitative estimate of drug-likeness (QED) is 0.706. The summed E-state index contributed by atoms with van der Waals surface area (Å²) in [5.41, 5.74) is 2.66. The second-order valence-electron chi connectivity index (χ2n) is 5.16. The number of hydrogen-bond donors (Lipinski definition) is 1. The number of carbonyl (C=O) groups excluding carboxylic acids is 1. The Morgan fingerprint density at radius 1 is 1.24 bits per heavy atom. The number of Topliss-reactive ketones (excluding diaryl/α,β-unsaturated/α-hetero) is 1. The summed E-state index contributed by atoms with van der Waals surface area (Å²) in [6.07, 6.45) is 1.79. The fourth-order valence-electron chi connectivity index (χ4n) is 2.87. The molecule has 1 aliphatic heterocycles. The summed E-state index contributed by atoms with van der Waals surface area (Å²) in [4.78, 5) is 16.0. The van der Waals surface area contributed by atoms with Crippen LogP contribution >= 0.6 is 15.9 Å². The summed E-state index contributed by atoms with van der Waals surface area (Å²) in [6, 6.07) is 13.6. The van der Waals surface area contributed by atoms with Gasteiger partial charge in [-0.2, -0.15) is 0 Å². The van der Waals surface area contributed by atoms with Gasteiger partial charge in [0.05, 0.1) is 5.92 Å². The summed E-state index contributed by atoms with van der Waals surface area (Å²) < 4.78 is 6.61.